The molecular formula is C26H25F3N2O3. The lowest BCUT2D eigenvalue weighted by Crippen LogP contribution is -2.15. The lowest BCUT2D eigenvalue weighted by molar-refractivity contribution is -0.137. The van der Waals surface area contributed by atoms with E-state index in [0.717, 1.165) is 18.6 Å². The van der Waals surface area contributed by atoms with Crippen LogP contribution in [-0.4, -0.2) is 18.4 Å². The van der Waals surface area contributed by atoms with Crippen LogP contribution < -0.4 is 15.4 Å². The summed E-state index contributed by atoms with van der Waals surface area (Å²) in [7, 11) is 0. The lowest BCUT2D eigenvalue weighted by atomic mass is 10.1. The Labute approximate surface area is 195 Å². The van der Waals surface area contributed by atoms with Crippen LogP contribution in [-0.2, 0) is 6.18 Å². The van der Waals surface area contributed by atoms with E-state index in [2.05, 4.69) is 24.5 Å². The average Bonchev–Trinajstić information content (AvgIpc) is 2.79. The first kappa shape index (κ1) is 24.8. The Morgan fingerprint density at radius 1 is 0.853 bits per heavy atom. The minimum atomic E-state index is -4.50. The third-order valence-corrected chi connectivity index (χ3v) is 4.94. The van der Waals surface area contributed by atoms with Crippen molar-refractivity contribution >= 4 is 23.2 Å². The van der Waals surface area contributed by atoms with Gasteiger partial charge in [-0.25, -0.2) is 0 Å². The highest BCUT2D eigenvalue weighted by Gasteiger charge is 2.30. The number of amides is 2. The van der Waals surface area contributed by atoms with Crippen LogP contribution in [0.1, 0.15) is 46.5 Å². The van der Waals surface area contributed by atoms with Gasteiger partial charge in [0.05, 0.1) is 17.7 Å². The van der Waals surface area contributed by atoms with Gasteiger partial charge in [-0.1, -0.05) is 32.0 Å². The first-order valence-corrected chi connectivity index (χ1v) is 10.8. The second kappa shape index (κ2) is 10.9. The van der Waals surface area contributed by atoms with Crippen molar-refractivity contribution in [1.29, 1.82) is 0 Å². The van der Waals surface area contributed by atoms with Crippen LogP contribution in [0.15, 0.2) is 72.8 Å². The van der Waals surface area contributed by atoms with Gasteiger partial charge in [0.1, 0.15) is 5.75 Å². The first-order valence-electron chi connectivity index (χ1n) is 10.8. The molecule has 34 heavy (non-hydrogen) atoms. The maximum Gasteiger partial charge on any atom is 0.416 e. The highest BCUT2D eigenvalue weighted by molar-refractivity contribution is 6.07. The van der Waals surface area contributed by atoms with E-state index in [1.807, 2.05) is 0 Å². The van der Waals surface area contributed by atoms with Crippen molar-refractivity contribution < 1.29 is 27.5 Å². The summed E-state index contributed by atoms with van der Waals surface area (Å²) in [5, 5.41) is 5.21. The summed E-state index contributed by atoms with van der Waals surface area (Å²) in [5.41, 5.74) is 0.256. The molecule has 3 aromatic rings. The zero-order valence-corrected chi connectivity index (χ0v) is 18.8. The van der Waals surface area contributed by atoms with Gasteiger partial charge >= 0.3 is 6.18 Å². The van der Waals surface area contributed by atoms with Crippen molar-refractivity contribution in [3.8, 4) is 5.75 Å². The number of alkyl halides is 3. The first-order chi connectivity index (χ1) is 16.1. The van der Waals surface area contributed by atoms with Crippen LogP contribution in [0.5, 0.6) is 5.75 Å². The van der Waals surface area contributed by atoms with Gasteiger partial charge in [-0.15, -0.1) is 0 Å². The normalized spacial score (nSPS) is 11.2. The zero-order valence-electron chi connectivity index (χ0n) is 18.8. The molecule has 178 valence electrons. The fourth-order valence-electron chi connectivity index (χ4n) is 3.06. The largest absolute Gasteiger partial charge is 0.493 e. The fraction of sp³-hybridized carbons (Fsp3) is 0.231. The standard InChI is InChI=1S/C26H25F3N2O3/c1-17(2)14-15-34-23-9-4-3-8-22(23)25(33)30-20-12-10-18(11-13-20)24(32)31-21-7-5-6-19(16-21)26(27,28)29/h3-13,16-17H,14-15H2,1-2H3,(H,30,33)(H,31,32). The van der Waals surface area contributed by atoms with Gasteiger partial charge in [0.2, 0.25) is 0 Å². The average molecular weight is 470 g/mol. The molecular weight excluding hydrogens is 445 g/mol. The molecule has 3 aromatic carbocycles. The second-order valence-electron chi connectivity index (χ2n) is 8.09. The van der Waals surface area contributed by atoms with Crippen LogP contribution in [0.2, 0.25) is 0 Å². The third-order valence-electron chi connectivity index (χ3n) is 4.94. The summed E-state index contributed by atoms with van der Waals surface area (Å²) < 4.78 is 44.3. The van der Waals surface area contributed by atoms with Gasteiger partial charge in [0.25, 0.3) is 11.8 Å². The van der Waals surface area contributed by atoms with Crippen LogP contribution in [0.25, 0.3) is 0 Å². The Bertz CT molecular complexity index is 1140. The van der Waals surface area contributed by atoms with Crippen molar-refractivity contribution in [1.82, 2.24) is 0 Å². The summed E-state index contributed by atoms with van der Waals surface area (Å²) in [6.07, 6.45) is -3.64. The minimum absolute atomic E-state index is 0.0336. The van der Waals surface area contributed by atoms with Gasteiger partial charge in [-0.3, -0.25) is 9.59 Å². The number of rotatable bonds is 8. The van der Waals surface area contributed by atoms with Crippen molar-refractivity contribution in [2.75, 3.05) is 17.2 Å². The van der Waals surface area contributed by atoms with Crippen molar-refractivity contribution in [3.05, 3.63) is 89.5 Å². The minimum Gasteiger partial charge on any atom is -0.493 e. The van der Waals surface area contributed by atoms with Gasteiger partial charge in [-0.2, -0.15) is 13.2 Å². The molecule has 0 atom stereocenters. The Hall–Kier alpha value is -3.81. The summed E-state index contributed by atoms with van der Waals surface area (Å²) in [6, 6.07) is 17.4. The SMILES string of the molecule is CC(C)CCOc1ccccc1C(=O)Nc1ccc(C(=O)Nc2cccc(C(F)(F)F)c2)cc1. The van der Waals surface area contributed by atoms with Crippen molar-refractivity contribution in [2.45, 2.75) is 26.4 Å². The molecule has 0 unspecified atom stereocenters. The Kier molecular flexibility index (Phi) is 7.94. The molecule has 0 radical (unpaired) electrons. The molecule has 0 spiro atoms. The van der Waals surface area contributed by atoms with Crippen molar-refractivity contribution in [3.63, 3.8) is 0 Å². The van der Waals surface area contributed by atoms with Crippen LogP contribution in [0.4, 0.5) is 24.5 Å². The third kappa shape index (κ3) is 6.84. The quantitative estimate of drug-likeness (QED) is 0.388. The monoisotopic (exact) mass is 470 g/mol. The maximum atomic E-state index is 12.9. The molecule has 2 amide bonds. The summed E-state index contributed by atoms with van der Waals surface area (Å²) in [6.45, 7) is 4.68. The Morgan fingerprint density at radius 2 is 1.53 bits per heavy atom. The molecule has 8 heteroatoms. The molecule has 3 rings (SSSR count). The van der Waals surface area contributed by atoms with Gasteiger partial charge in [0.15, 0.2) is 0 Å². The van der Waals surface area contributed by atoms with Gasteiger partial charge < -0.3 is 15.4 Å². The molecule has 0 saturated carbocycles. The molecule has 0 aliphatic carbocycles. The number of para-hydroxylation sites is 1. The molecule has 0 aromatic heterocycles. The van der Waals surface area contributed by atoms with E-state index in [4.69, 9.17) is 4.74 Å². The van der Waals surface area contributed by atoms with E-state index in [-0.39, 0.29) is 17.2 Å². The molecule has 0 bridgehead atoms. The Balaban J connectivity index is 1.64. The Morgan fingerprint density at radius 3 is 2.21 bits per heavy atom. The summed E-state index contributed by atoms with van der Waals surface area (Å²) in [4.78, 5) is 25.2. The van der Waals surface area contributed by atoms with E-state index in [1.165, 1.54) is 24.3 Å². The smallest absolute Gasteiger partial charge is 0.416 e. The van der Waals surface area contributed by atoms with E-state index in [1.54, 1.807) is 36.4 Å². The fourth-order valence-corrected chi connectivity index (χ4v) is 3.06. The number of ether oxygens (including phenoxy) is 1. The molecule has 0 aliphatic rings. The highest BCUT2D eigenvalue weighted by atomic mass is 19.4. The molecule has 2 N–H and O–H groups in total. The van der Waals surface area contributed by atoms with Crippen molar-refractivity contribution in [2.24, 2.45) is 5.92 Å². The van der Waals surface area contributed by atoms with E-state index in [0.29, 0.717) is 29.5 Å². The number of benzene rings is 3. The zero-order chi connectivity index (χ0) is 24.7. The lowest BCUT2D eigenvalue weighted by Gasteiger charge is -2.13. The number of anilines is 2. The number of hydrogen-bond acceptors (Lipinski definition) is 3. The molecule has 0 fully saturated rings. The van der Waals surface area contributed by atoms with Gasteiger partial charge in [-0.05, 0) is 66.9 Å². The second-order valence-corrected chi connectivity index (χ2v) is 8.09. The summed E-state index contributed by atoms with van der Waals surface area (Å²) in [5.74, 6) is 0.0328. The molecule has 0 saturated heterocycles. The molecule has 0 aliphatic heterocycles. The molecule has 0 heterocycles. The van der Waals surface area contributed by atoms with Crippen LogP contribution >= 0.6 is 0 Å². The highest BCUT2D eigenvalue weighted by Crippen LogP contribution is 2.30. The number of hydrogen-bond donors (Lipinski definition) is 2. The predicted octanol–water partition coefficient (Wildman–Crippen LogP) is 6.63. The van der Waals surface area contributed by atoms with Crippen LogP contribution in [0.3, 0.4) is 0 Å². The van der Waals surface area contributed by atoms with Crippen LogP contribution in [0, 0.1) is 5.92 Å². The summed E-state index contributed by atoms with van der Waals surface area (Å²) >= 11 is 0. The van der Waals surface area contributed by atoms with E-state index >= 15 is 0 Å². The number of halogens is 3. The topological polar surface area (TPSA) is 67.4 Å². The molecule has 5 nitrogen and oxygen atoms in total. The van der Waals surface area contributed by atoms with E-state index < -0.39 is 17.6 Å². The predicted molar refractivity (Wildman–Crippen MR) is 125 cm³/mol. The number of nitrogens with one attached hydrogen (secondary N) is 2. The van der Waals surface area contributed by atoms with E-state index in [9.17, 15) is 22.8 Å². The number of carbonyl (C=O) groups is 2. The number of carbonyl (C=O) groups excluding carboxylic acids is 2. The van der Waals surface area contributed by atoms with Gasteiger partial charge in [0, 0.05) is 16.9 Å². The maximum absolute atomic E-state index is 12.9.